The van der Waals surface area contributed by atoms with Gasteiger partial charge in [-0.15, -0.1) is 5.10 Å². The standard InChI is InChI=1S/C12H13ClFN3S/c1-2-17(8-11-12(13)18-16-15-11)7-9-4-3-5-10(14)6-9/h3-6H,2,7-8H2,1H3. The summed E-state index contributed by atoms with van der Waals surface area (Å²) in [6.07, 6.45) is 0. The van der Waals surface area contributed by atoms with Crippen molar-refractivity contribution >= 4 is 23.1 Å². The van der Waals surface area contributed by atoms with Gasteiger partial charge in [-0.1, -0.05) is 35.1 Å². The first-order valence-corrected chi connectivity index (χ1v) is 6.77. The van der Waals surface area contributed by atoms with Gasteiger partial charge < -0.3 is 0 Å². The van der Waals surface area contributed by atoms with Gasteiger partial charge in [-0.05, 0) is 24.2 Å². The van der Waals surface area contributed by atoms with Crippen LogP contribution < -0.4 is 0 Å². The fourth-order valence-electron chi connectivity index (χ4n) is 1.68. The second-order valence-electron chi connectivity index (χ2n) is 3.93. The van der Waals surface area contributed by atoms with Crippen LogP contribution >= 0.6 is 23.1 Å². The van der Waals surface area contributed by atoms with Crippen molar-refractivity contribution in [3.63, 3.8) is 0 Å². The highest BCUT2D eigenvalue weighted by Gasteiger charge is 2.11. The molecule has 1 aromatic carbocycles. The van der Waals surface area contributed by atoms with Crippen molar-refractivity contribution in [1.29, 1.82) is 0 Å². The summed E-state index contributed by atoms with van der Waals surface area (Å²) in [5.74, 6) is -0.211. The molecule has 1 heterocycles. The van der Waals surface area contributed by atoms with Gasteiger partial charge in [0.15, 0.2) is 0 Å². The summed E-state index contributed by atoms with van der Waals surface area (Å²) >= 11 is 7.16. The SMILES string of the molecule is CCN(Cc1cccc(F)c1)Cc1nnsc1Cl. The zero-order valence-corrected chi connectivity index (χ0v) is 11.5. The molecule has 2 aromatic rings. The largest absolute Gasteiger partial charge is 0.293 e. The topological polar surface area (TPSA) is 29.0 Å². The molecule has 0 atom stereocenters. The molecule has 96 valence electrons. The minimum Gasteiger partial charge on any atom is -0.293 e. The second-order valence-corrected chi connectivity index (χ2v) is 5.28. The predicted octanol–water partition coefficient (Wildman–Crippen LogP) is 3.35. The molecular formula is C12H13ClFN3S. The van der Waals surface area contributed by atoms with E-state index >= 15 is 0 Å². The first-order chi connectivity index (χ1) is 8.69. The van der Waals surface area contributed by atoms with Gasteiger partial charge in [-0.25, -0.2) is 4.39 Å². The van der Waals surface area contributed by atoms with Crippen LogP contribution in [0.3, 0.4) is 0 Å². The van der Waals surface area contributed by atoms with Gasteiger partial charge in [0.2, 0.25) is 0 Å². The van der Waals surface area contributed by atoms with Crippen LogP contribution in [0.25, 0.3) is 0 Å². The maximum Gasteiger partial charge on any atom is 0.138 e. The maximum absolute atomic E-state index is 13.1. The summed E-state index contributed by atoms with van der Waals surface area (Å²) in [5.41, 5.74) is 1.72. The van der Waals surface area contributed by atoms with Gasteiger partial charge in [0.25, 0.3) is 0 Å². The molecule has 2 rings (SSSR count). The summed E-state index contributed by atoms with van der Waals surface area (Å²) in [6.45, 7) is 4.18. The molecule has 0 bridgehead atoms. The van der Waals surface area contributed by atoms with Crippen LogP contribution in [-0.4, -0.2) is 21.0 Å². The van der Waals surface area contributed by atoms with E-state index in [9.17, 15) is 4.39 Å². The highest BCUT2D eigenvalue weighted by atomic mass is 35.5. The highest BCUT2D eigenvalue weighted by Crippen LogP contribution is 2.19. The Hall–Kier alpha value is -1.04. The van der Waals surface area contributed by atoms with E-state index in [0.717, 1.165) is 17.8 Å². The Morgan fingerprint density at radius 1 is 1.39 bits per heavy atom. The van der Waals surface area contributed by atoms with Gasteiger partial charge in [-0.3, -0.25) is 4.90 Å². The Morgan fingerprint density at radius 2 is 2.22 bits per heavy atom. The lowest BCUT2D eigenvalue weighted by molar-refractivity contribution is 0.267. The fraction of sp³-hybridized carbons (Fsp3) is 0.333. The Bertz CT molecular complexity index is 518. The van der Waals surface area contributed by atoms with Crippen molar-refractivity contribution < 1.29 is 4.39 Å². The van der Waals surface area contributed by atoms with Crippen molar-refractivity contribution in [2.75, 3.05) is 6.54 Å². The van der Waals surface area contributed by atoms with Crippen molar-refractivity contribution in [2.45, 2.75) is 20.0 Å². The van der Waals surface area contributed by atoms with Crippen LogP contribution in [0.4, 0.5) is 4.39 Å². The number of nitrogens with zero attached hydrogens (tertiary/aromatic N) is 3. The lowest BCUT2D eigenvalue weighted by Crippen LogP contribution is -2.22. The lowest BCUT2D eigenvalue weighted by atomic mass is 10.2. The maximum atomic E-state index is 13.1. The normalized spacial score (nSPS) is 11.1. The van der Waals surface area contributed by atoms with Crippen LogP contribution in [0.1, 0.15) is 18.2 Å². The minimum absolute atomic E-state index is 0.211. The first kappa shape index (κ1) is 13.4. The Balaban J connectivity index is 2.04. The van der Waals surface area contributed by atoms with E-state index in [4.69, 9.17) is 11.6 Å². The quantitative estimate of drug-likeness (QED) is 0.843. The Kier molecular flexibility index (Phi) is 4.63. The molecule has 0 aliphatic carbocycles. The van der Waals surface area contributed by atoms with Gasteiger partial charge in [0.1, 0.15) is 15.8 Å². The molecule has 18 heavy (non-hydrogen) atoms. The highest BCUT2D eigenvalue weighted by molar-refractivity contribution is 7.10. The zero-order valence-electron chi connectivity index (χ0n) is 9.94. The van der Waals surface area contributed by atoms with E-state index in [1.165, 1.54) is 17.6 Å². The van der Waals surface area contributed by atoms with Crippen LogP contribution in [0.2, 0.25) is 4.34 Å². The minimum atomic E-state index is -0.211. The Labute approximate surface area is 114 Å². The third kappa shape index (κ3) is 3.48. The monoisotopic (exact) mass is 285 g/mol. The molecule has 1 aromatic heterocycles. The molecule has 0 N–H and O–H groups in total. The fourth-order valence-corrected chi connectivity index (χ4v) is 2.29. The van der Waals surface area contributed by atoms with E-state index in [-0.39, 0.29) is 5.82 Å². The average Bonchev–Trinajstić information content (AvgIpc) is 2.74. The summed E-state index contributed by atoms with van der Waals surface area (Å²) in [5, 5.41) is 3.98. The third-order valence-corrected chi connectivity index (χ3v) is 3.61. The van der Waals surface area contributed by atoms with Crippen LogP contribution in [0, 0.1) is 5.82 Å². The molecule has 0 spiro atoms. The number of benzene rings is 1. The molecule has 0 saturated heterocycles. The number of halogens is 2. The molecule has 6 heteroatoms. The van der Waals surface area contributed by atoms with Crippen LogP contribution in [0.5, 0.6) is 0 Å². The van der Waals surface area contributed by atoms with Crippen LogP contribution in [0.15, 0.2) is 24.3 Å². The van der Waals surface area contributed by atoms with E-state index < -0.39 is 0 Å². The number of hydrogen-bond acceptors (Lipinski definition) is 4. The van der Waals surface area contributed by atoms with Crippen molar-refractivity contribution in [2.24, 2.45) is 0 Å². The summed E-state index contributed by atoms with van der Waals surface area (Å²) in [4.78, 5) is 2.14. The van der Waals surface area contributed by atoms with Crippen molar-refractivity contribution in [1.82, 2.24) is 14.5 Å². The van der Waals surface area contributed by atoms with Gasteiger partial charge >= 0.3 is 0 Å². The lowest BCUT2D eigenvalue weighted by Gasteiger charge is -2.19. The van der Waals surface area contributed by atoms with Crippen molar-refractivity contribution in [3.05, 3.63) is 45.7 Å². The zero-order chi connectivity index (χ0) is 13.0. The predicted molar refractivity (Wildman–Crippen MR) is 71.1 cm³/mol. The first-order valence-electron chi connectivity index (χ1n) is 5.62. The average molecular weight is 286 g/mol. The molecule has 0 aliphatic heterocycles. The van der Waals surface area contributed by atoms with E-state index in [1.807, 2.05) is 13.0 Å². The summed E-state index contributed by atoms with van der Waals surface area (Å²) in [7, 11) is 0. The number of hydrogen-bond donors (Lipinski definition) is 0. The van der Waals surface area contributed by atoms with Gasteiger partial charge in [-0.2, -0.15) is 0 Å². The molecule has 0 unspecified atom stereocenters. The van der Waals surface area contributed by atoms with E-state index in [2.05, 4.69) is 14.5 Å². The van der Waals surface area contributed by atoms with Gasteiger partial charge in [0, 0.05) is 24.6 Å². The van der Waals surface area contributed by atoms with E-state index in [0.29, 0.717) is 17.4 Å². The molecular weight excluding hydrogens is 273 g/mol. The number of rotatable bonds is 5. The summed E-state index contributed by atoms with van der Waals surface area (Å²) < 4.78 is 17.5. The third-order valence-electron chi connectivity index (χ3n) is 2.63. The second kappa shape index (κ2) is 6.22. The molecule has 0 aliphatic rings. The molecule has 3 nitrogen and oxygen atoms in total. The number of aromatic nitrogens is 2. The van der Waals surface area contributed by atoms with Crippen LogP contribution in [-0.2, 0) is 13.1 Å². The molecule has 0 radical (unpaired) electrons. The summed E-state index contributed by atoms with van der Waals surface area (Å²) in [6, 6.07) is 6.62. The molecule has 0 saturated carbocycles. The van der Waals surface area contributed by atoms with Gasteiger partial charge in [0.05, 0.1) is 0 Å². The molecule has 0 amide bonds. The Morgan fingerprint density at radius 3 is 2.83 bits per heavy atom. The molecule has 0 fully saturated rings. The smallest absolute Gasteiger partial charge is 0.138 e. The van der Waals surface area contributed by atoms with Crippen molar-refractivity contribution in [3.8, 4) is 0 Å². The van der Waals surface area contributed by atoms with E-state index in [1.54, 1.807) is 12.1 Å².